The van der Waals surface area contributed by atoms with E-state index in [0.717, 1.165) is 27.9 Å². The van der Waals surface area contributed by atoms with Gasteiger partial charge in [-0.3, -0.25) is 4.98 Å². The minimum Gasteiger partial charge on any atom is -0.380 e. The third-order valence-corrected chi connectivity index (χ3v) is 3.54. The van der Waals surface area contributed by atoms with Crippen LogP contribution in [0.25, 0.3) is 22.6 Å². The topological polar surface area (TPSA) is 64.9 Å². The SMILES string of the molecule is Cc1cc(C)c(-c2onc(N)c2-c2ccccn2)c(C)c1. The lowest BCUT2D eigenvalue weighted by atomic mass is 9.95. The smallest absolute Gasteiger partial charge is 0.179 e. The van der Waals surface area contributed by atoms with Gasteiger partial charge in [-0.2, -0.15) is 0 Å². The first-order chi connectivity index (χ1) is 10.1. The Kier molecular flexibility index (Phi) is 3.22. The van der Waals surface area contributed by atoms with Crippen LogP contribution in [-0.2, 0) is 0 Å². The number of anilines is 1. The first-order valence-corrected chi connectivity index (χ1v) is 6.82. The van der Waals surface area contributed by atoms with Gasteiger partial charge in [0.25, 0.3) is 0 Å². The van der Waals surface area contributed by atoms with Gasteiger partial charge < -0.3 is 10.3 Å². The second-order valence-electron chi connectivity index (χ2n) is 5.26. The lowest BCUT2D eigenvalue weighted by molar-refractivity contribution is 0.435. The van der Waals surface area contributed by atoms with Crippen molar-refractivity contribution in [3.05, 3.63) is 53.2 Å². The zero-order valence-electron chi connectivity index (χ0n) is 12.3. The molecule has 0 fully saturated rings. The lowest BCUT2D eigenvalue weighted by Gasteiger charge is -2.10. The van der Waals surface area contributed by atoms with Gasteiger partial charge in [0.05, 0.1) is 11.3 Å². The number of aryl methyl sites for hydroxylation is 3. The van der Waals surface area contributed by atoms with Gasteiger partial charge in [-0.1, -0.05) is 28.9 Å². The number of hydrogen-bond donors (Lipinski definition) is 1. The molecule has 0 radical (unpaired) electrons. The largest absolute Gasteiger partial charge is 0.380 e. The van der Waals surface area contributed by atoms with Gasteiger partial charge in [-0.25, -0.2) is 0 Å². The van der Waals surface area contributed by atoms with E-state index in [1.54, 1.807) is 6.20 Å². The van der Waals surface area contributed by atoms with Crippen molar-refractivity contribution in [2.24, 2.45) is 0 Å². The first-order valence-electron chi connectivity index (χ1n) is 6.82. The second kappa shape index (κ2) is 5.05. The summed E-state index contributed by atoms with van der Waals surface area (Å²) < 4.78 is 5.52. The standard InChI is InChI=1S/C17H17N3O/c1-10-8-11(2)14(12(3)9-10)16-15(17(18)20-21-16)13-6-4-5-7-19-13/h4-9H,1-3H3,(H2,18,20). The maximum atomic E-state index is 6.00. The van der Waals surface area contributed by atoms with Crippen LogP contribution in [0, 0.1) is 20.8 Å². The molecule has 1 aromatic carbocycles. The maximum absolute atomic E-state index is 6.00. The molecular weight excluding hydrogens is 262 g/mol. The average molecular weight is 279 g/mol. The van der Waals surface area contributed by atoms with Crippen molar-refractivity contribution in [2.75, 3.05) is 5.73 Å². The Morgan fingerprint density at radius 1 is 1.00 bits per heavy atom. The predicted octanol–water partition coefficient (Wildman–Crippen LogP) is 3.91. The highest BCUT2D eigenvalue weighted by atomic mass is 16.5. The number of nitrogens with zero attached hydrogens (tertiary/aromatic N) is 2. The van der Waals surface area contributed by atoms with Gasteiger partial charge in [0, 0.05) is 11.8 Å². The van der Waals surface area contributed by atoms with Crippen LogP contribution in [0.3, 0.4) is 0 Å². The quantitative estimate of drug-likeness (QED) is 0.772. The Morgan fingerprint density at radius 3 is 2.33 bits per heavy atom. The van der Waals surface area contributed by atoms with Gasteiger partial charge >= 0.3 is 0 Å². The number of benzene rings is 1. The number of pyridine rings is 1. The molecule has 4 heteroatoms. The molecular formula is C17H17N3O. The van der Waals surface area contributed by atoms with E-state index in [2.05, 4.69) is 43.0 Å². The van der Waals surface area contributed by atoms with E-state index in [4.69, 9.17) is 10.3 Å². The molecule has 2 aromatic heterocycles. The highest BCUT2D eigenvalue weighted by molar-refractivity contribution is 5.87. The molecule has 106 valence electrons. The Morgan fingerprint density at radius 2 is 1.71 bits per heavy atom. The summed E-state index contributed by atoms with van der Waals surface area (Å²) in [6.45, 7) is 6.21. The van der Waals surface area contributed by atoms with Crippen molar-refractivity contribution < 1.29 is 4.52 Å². The molecule has 0 amide bonds. The summed E-state index contributed by atoms with van der Waals surface area (Å²) in [6, 6.07) is 9.96. The number of hydrogen-bond acceptors (Lipinski definition) is 4. The Balaban J connectivity index is 2.27. The number of aromatic nitrogens is 2. The van der Waals surface area contributed by atoms with Crippen LogP contribution < -0.4 is 5.73 Å². The van der Waals surface area contributed by atoms with Crippen molar-refractivity contribution in [2.45, 2.75) is 20.8 Å². The van der Waals surface area contributed by atoms with Gasteiger partial charge in [0.1, 0.15) is 0 Å². The van der Waals surface area contributed by atoms with Crippen molar-refractivity contribution >= 4 is 5.82 Å². The summed E-state index contributed by atoms with van der Waals surface area (Å²) in [6.07, 6.45) is 1.74. The van der Waals surface area contributed by atoms with Crippen molar-refractivity contribution in [1.29, 1.82) is 0 Å². The average Bonchev–Trinajstić information content (AvgIpc) is 2.80. The first kappa shape index (κ1) is 13.4. The molecule has 0 unspecified atom stereocenters. The minimum atomic E-state index is 0.364. The third-order valence-electron chi connectivity index (χ3n) is 3.54. The summed E-state index contributed by atoms with van der Waals surface area (Å²) in [5, 5.41) is 3.94. The van der Waals surface area contributed by atoms with E-state index in [-0.39, 0.29) is 0 Å². The van der Waals surface area contributed by atoms with E-state index in [0.29, 0.717) is 11.6 Å². The molecule has 2 heterocycles. The number of rotatable bonds is 2. The molecule has 0 saturated heterocycles. The molecule has 3 aromatic rings. The second-order valence-corrected chi connectivity index (χ2v) is 5.26. The van der Waals surface area contributed by atoms with E-state index in [1.807, 2.05) is 18.2 Å². The minimum absolute atomic E-state index is 0.364. The molecule has 0 aliphatic carbocycles. The molecule has 0 spiro atoms. The molecule has 0 saturated carbocycles. The Bertz CT molecular complexity index is 768. The number of nitrogens with two attached hydrogens (primary N) is 1. The van der Waals surface area contributed by atoms with Crippen LogP contribution in [0.15, 0.2) is 41.1 Å². The van der Waals surface area contributed by atoms with Crippen LogP contribution in [0.5, 0.6) is 0 Å². The fourth-order valence-corrected chi connectivity index (χ4v) is 2.77. The summed E-state index contributed by atoms with van der Waals surface area (Å²) in [4.78, 5) is 4.37. The zero-order valence-corrected chi connectivity index (χ0v) is 12.3. The maximum Gasteiger partial charge on any atom is 0.179 e. The Hall–Kier alpha value is -2.62. The highest BCUT2D eigenvalue weighted by Gasteiger charge is 2.21. The molecule has 0 bridgehead atoms. The fraction of sp³-hybridized carbons (Fsp3) is 0.176. The van der Waals surface area contributed by atoms with Crippen LogP contribution in [0.4, 0.5) is 5.82 Å². The van der Waals surface area contributed by atoms with Crippen molar-refractivity contribution in [1.82, 2.24) is 10.1 Å². The summed E-state index contributed by atoms with van der Waals surface area (Å²) in [5.74, 6) is 1.05. The molecule has 0 aliphatic heterocycles. The molecule has 0 aliphatic rings. The summed E-state index contributed by atoms with van der Waals surface area (Å²) in [7, 11) is 0. The molecule has 4 nitrogen and oxygen atoms in total. The van der Waals surface area contributed by atoms with Gasteiger partial charge in [-0.15, -0.1) is 0 Å². The van der Waals surface area contributed by atoms with E-state index < -0.39 is 0 Å². The van der Waals surface area contributed by atoms with Crippen molar-refractivity contribution in [3.63, 3.8) is 0 Å². The van der Waals surface area contributed by atoms with E-state index in [9.17, 15) is 0 Å². The summed E-state index contributed by atoms with van der Waals surface area (Å²) in [5.41, 5.74) is 12.1. The van der Waals surface area contributed by atoms with Crippen LogP contribution in [-0.4, -0.2) is 10.1 Å². The number of nitrogen functional groups attached to an aromatic ring is 1. The van der Waals surface area contributed by atoms with Crippen LogP contribution in [0.1, 0.15) is 16.7 Å². The van der Waals surface area contributed by atoms with Crippen molar-refractivity contribution in [3.8, 4) is 22.6 Å². The molecule has 0 atom stereocenters. The van der Waals surface area contributed by atoms with Gasteiger partial charge in [0.2, 0.25) is 0 Å². The highest BCUT2D eigenvalue weighted by Crippen LogP contribution is 2.38. The summed E-state index contributed by atoms with van der Waals surface area (Å²) >= 11 is 0. The lowest BCUT2D eigenvalue weighted by Crippen LogP contribution is -1.93. The van der Waals surface area contributed by atoms with Crippen LogP contribution in [0.2, 0.25) is 0 Å². The van der Waals surface area contributed by atoms with E-state index >= 15 is 0 Å². The van der Waals surface area contributed by atoms with E-state index in [1.165, 1.54) is 5.56 Å². The third kappa shape index (κ3) is 2.29. The Labute approximate surface area is 123 Å². The van der Waals surface area contributed by atoms with Gasteiger partial charge in [-0.05, 0) is 44.0 Å². The monoisotopic (exact) mass is 279 g/mol. The molecule has 2 N–H and O–H groups in total. The predicted molar refractivity (Wildman–Crippen MR) is 83.8 cm³/mol. The molecule has 21 heavy (non-hydrogen) atoms. The van der Waals surface area contributed by atoms with Gasteiger partial charge in [0.15, 0.2) is 11.6 Å². The van der Waals surface area contributed by atoms with Crippen LogP contribution >= 0.6 is 0 Å². The zero-order chi connectivity index (χ0) is 15.0. The molecule has 3 rings (SSSR count). The fourth-order valence-electron chi connectivity index (χ4n) is 2.77. The normalized spacial score (nSPS) is 10.8.